The monoisotopic (exact) mass is 512 g/mol. The fraction of sp³-hybridized carbons (Fsp3) is 0.0769. The van der Waals surface area contributed by atoms with E-state index in [1.807, 2.05) is 0 Å². The van der Waals surface area contributed by atoms with Gasteiger partial charge in [-0.1, -0.05) is 0 Å². The van der Waals surface area contributed by atoms with E-state index in [1.165, 1.54) is 73.3 Å². The van der Waals surface area contributed by atoms with Crippen LogP contribution in [0.1, 0.15) is 41.4 Å². The lowest BCUT2D eigenvalue weighted by Gasteiger charge is -2.09. The Labute approximate surface area is 215 Å². The van der Waals surface area contributed by atoms with Gasteiger partial charge in [0.2, 0.25) is 0 Å². The van der Waals surface area contributed by atoms with Gasteiger partial charge in [0.1, 0.15) is 0 Å². The molecule has 0 bridgehead atoms. The van der Waals surface area contributed by atoms with Crippen molar-refractivity contribution >= 4 is 23.8 Å². The first-order valence-corrected chi connectivity index (χ1v) is 11.2. The first-order chi connectivity index (χ1) is 18.3. The van der Waals surface area contributed by atoms with E-state index in [2.05, 4.69) is 30.6 Å². The maximum absolute atomic E-state index is 12.6. The fourth-order valence-corrected chi connectivity index (χ4v) is 3.39. The third-order valence-corrected chi connectivity index (χ3v) is 5.28. The van der Waals surface area contributed by atoms with E-state index < -0.39 is 23.8 Å². The second-order valence-electron chi connectivity index (χ2n) is 7.84. The summed E-state index contributed by atoms with van der Waals surface area (Å²) in [5, 5.41) is 23.7. The van der Waals surface area contributed by atoms with Gasteiger partial charge >= 0.3 is 11.9 Å². The van der Waals surface area contributed by atoms with Crippen LogP contribution in [0.5, 0.6) is 0 Å². The minimum absolute atomic E-state index is 0.0498. The highest BCUT2D eigenvalue weighted by Crippen LogP contribution is 2.18. The molecule has 4 heterocycles. The second-order valence-corrected chi connectivity index (χ2v) is 7.84. The number of nitrogens with zero attached hydrogens (tertiary/aromatic N) is 4. The van der Waals surface area contributed by atoms with Crippen LogP contribution >= 0.6 is 0 Å². The molecule has 0 saturated carbocycles. The first-order valence-electron chi connectivity index (χ1n) is 11.2. The molecule has 4 N–H and O–H groups in total. The molecule has 0 aliphatic heterocycles. The number of carbonyl (C=O) groups is 4. The predicted octanol–water partition coefficient (Wildman–Crippen LogP) is 2.16. The molecule has 12 nitrogen and oxygen atoms in total. The van der Waals surface area contributed by atoms with Crippen LogP contribution in [0.3, 0.4) is 0 Å². The van der Waals surface area contributed by atoms with E-state index in [-0.39, 0.29) is 24.2 Å². The molecule has 0 saturated heterocycles. The lowest BCUT2D eigenvalue weighted by Crippen LogP contribution is -2.34. The van der Waals surface area contributed by atoms with Crippen molar-refractivity contribution < 1.29 is 29.4 Å². The van der Waals surface area contributed by atoms with Gasteiger partial charge in [0.15, 0.2) is 0 Å². The number of nitrogens with one attached hydrogen (secondary N) is 2. The summed E-state index contributed by atoms with van der Waals surface area (Å²) in [7, 11) is 0. The fourth-order valence-electron chi connectivity index (χ4n) is 3.39. The van der Waals surface area contributed by atoms with Gasteiger partial charge in [0.05, 0.1) is 33.9 Å². The van der Waals surface area contributed by atoms with Crippen molar-refractivity contribution in [3.8, 4) is 22.8 Å². The molecule has 190 valence electrons. The average Bonchev–Trinajstić information content (AvgIpc) is 2.95. The predicted molar refractivity (Wildman–Crippen MR) is 134 cm³/mol. The van der Waals surface area contributed by atoms with Crippen molar-refractivity contribution in [2.24, 2.45) is 0 Å². The number of aromatic nitrogens is 4. The Morgan fingerprint density at radius 3 is 1.13 bits per heavy atom. The number of amides is 2. The summed E-state index contributed by atoms with van der Waals surface area (Å²) in [6, 6.07) is 11.4. The van der Waals surface area contributed by atoms with Gasteiger partial charge in [-0.25, -0.2) is 9.59 Å². The summed E-state index contributed by atoms with van der Waals surface area (Å²) in [6.07, 6.45) is 5.54. The maximum Gasteiger partial charge on any atom is 0.335 e. The van der Waals surface area contributed by atoms with Gasteiger partial charge in [-0.2, -0.15) is 0 Å². The molecule has 0 atom stereocenters. The van der Waals surface area contributed by atoms with Crippen LogP contribution in [0.4, 0.5) is 0 Å². The molecule has 0 aromatic carbocycles. The Bertz CT molecular complexity index is 1430. The Morgan fingerprint density at radius 2 is 0.816 bits per heavy atom. The van der Waals surface area contributed by atoms with Gasteiger partial charge in [0.25, 0.3) is 11.8 Å². The number of hydrogen-bond acceptors (Lipinski definition) is 8. The molecular formula is C26H20N6O6. The van der Waals surface area contributed by atoms with Gasteiger partial charge in [-0.15, -0.1) is 0 Å². The highest BCUT2D eigenvalue weighted by molar-refractivity contribution is 5.96. The van der Waals surface area contributed by atoms with Crippen LogP contribution < -0.4 is 10.6 Å². The number of hydrogen-bond donors (Lipinski definition) is 4. The number of carboxylic acid groups (broad SMARTS) is 2. The second kappa shape index (κ2) is 11.5. The zero-order valence-electron chi connectivity index (χ0n) is 19.7. The van der Waals surface area contributed by atoms with Crippen molar-refractivity contribution in [2.75, 3.05) is 13.1 Å². The zero-order chi connectivity index (χ0) is 27.1. The van der Waals surface area contributed by atoms with Crippen LogP contribution in [0.25, 0.3) is 22.8 Å². The lowest BCUT2D eigenvalue weighted by molar-refractivity contribution is 0.0686. The molecule has 4 aromatic rings. The Hall–Kier alpha value is -5.52. The van der Waals surface area contributed by atoms with Crippen molar-refractivity contribution in [3.63, 3.8) is 0 Å². The van der Waals surface area contributed by atoms with Crippen molar-refractivity contribution in [3.05, 3.63) is 95.6 Å². The molecule has 4 rings (SSSR count). The highest BCUT2D eigenvalue weighted by atomic mass is 16.4. The van der Waals surface area contributed by atoms with Crippen molar-refractivity contribution in [2.45, 2.75) is 0 Å². The van der Waals surface area contributed by atoms with Crippen molar-refractivity contribution in [1.82, 2.24) is 30.6 Å². The van der Waals surface area contributed by atoms with Crippen LogP contribution in [0, 0.1) is 0 Å². The van der Waals surface area contributed by atoms with Crippen LogP contribution in [0.2, 0.25) is 0 Å². The van der Waals surface area contributed by atoms with E-state index in [0.29, 0.717) is 33.9 Å². The lowest BCUT2D eigenvalue weighted by atomic mass is 10.1. The molecule has 0 fully saturated rings. The molecule has 0 radical (unpaired) electrons. The SMILES string of the molecule is O=C(O)c1ccnc(-c2cc(C(=O)NCCNC(=O)c3ccnc(-c4cc(C(=O)O)ccn4)c3)ccn2)c1. The smallest absolute Gasteiger partial charge is 0.335 e. The average molecular weight is 512 g/mol. The Balaban J connectivity index is 1.33. The third kappa shape index (κ3) is 6.18. The molecule has 2 amide bonds. The highest BCUT2D eigenvalue weighted by Gasteiger charge is 2.13. The van der Waals surface area contributed by atoms with Crippen LogP contribution in [-0.2, 0) is 0 Å². The van der Waals surface area contributed by atoms with E-state index >= 15 is 0 Å². The standard InChI is InChI=1S/C26H20N6O6/c33-23(15-1-5-27-19(11-15)21-13-17(25(35)36)3-7-29-21)31-9-10-32-24(34)16-2-6-28-20(12-16)22-14-18(26(37)38)4-8-30-22/h1-8,11-14H,9-10H2,(H,31,33)(H,32,34)(H,35,36)(H,37,38). The molecule has 0 unspecified atom stereocenters. The number of rotatable bonds is 9. The number of aromatic carboxylic acids is 2. The molecule has 4 aromatic heterocycles. The van der Waals surface area contributed by atoms with Gasteiger partial charge in [-0.05, 0) is 48.5 Å². The third-order valence-electron chi connectivity index (χ3n) is 5.28. The molecule has 0 spiro atoms. The summed E-state index contributed by atoms with van der Waals surface area (Å²) in [6.45, 7) is 0.268. The summed E-state index contributed by atoms with van der Waals surface area (Å²) in [4.78, 5) is 64.1. The molecule has 0 aliphatic rings. The first kappa shape index (κ1) is 25.6. The summed E-state index contributed by atoms with van der Waals surface area (Å²) in [5.74, 6) is -3.02. The minimum atomic E-state index is -1.10. The zero-order valence-corrected chi connectivity index (χ0v) is 19.7. The van der Waals surface area contributed by atoms with Gasteiger partial charge in [-0.3, -0.25) is 29.5 Å². The normalized spacial score (nSPS) is 10.4. The number of carbonyl (C=O) groups excluding carboxylic acids is 2. The Kier molecular flexibility index (Phi) is 7.72. The topological polar surface area (TPSA) is 184 Å². The van der Waals surface area contributed by atoms with Gasteiger partial charge in [0, 0.05) is 49.0 Å². The summed E-state index contributed by atoms with van der Waals surface area (Å²) in [5.41, 5.74) is 1.98. The van der Waals surface area contributed by atoms with Gasteiger partial charge < -0.3 is 20.8 Å². The van der Waals surface area contributed by atoms with E-state index in [4.69, 9.17) is 10.2 Å². The van der Waals surface area contributed by atoms with Crippen molar-refractivity contribution in [1.29, 1.82) is 0 Å². The van der Waals surface area contributed by atoms with E-state index in [9.17, 15) is 19.2 Å². The molecule has 0 aliphatic carbocycles. The van der Waals surface area contributed by atoms with Crippen LogP contribution in [0.15, 0.2) is 73.3 Å². The molecule has 12 heteroatoms. The van der Waals surface area contributed by atoms with E-state index in [0.717, 1.165) is 0 Å². The molecule has 38 heavy (non-hydrogen) atoms. The van der Waals surface area contributed by atoms with Crippen LogP contribution in [-0.4, -0.2) is 67.0 Å². The quantitative estimate of drug-likeness (QED) is 0.242. The summed E-state index contributed by atoms with van der Waals surface area (Å²) < 4.78 is 0. The number of carboxylic acids is 2. The largest absolute Gasteiger partial charge is 0.478 e. The summed E-state index contributed by atoms with van der Waals surface area (Å²) >= 11 is 0. The maximum atomic E-state index is 12.6. The number of pyridine rings is 4. The molecular weight excluding hydrogens is 492 g/mol. The van der Waals surface area contributed by atoms with E-state index in [1.54, 1.807) is 0 Å². The Morgan fingerprint density at radius 1 is 0.526 bits per heavy atom. The minimum Gasteiger partial charge on any atom is -0.478 e.